The van der Waals surface area contributed by atoms with E-state index >= 15 is 0 Å². The Bertz CT molecular complexity index is 586. The number of aryl methyl sites for hydroxylation is 1. The highest BCUT2D eigenvalue weighted by molar-refractivity contribution is 5.77. The molecule has 1 saturated heterocycles. The van der Waals surface area contributed by atoms with Crippen LogP contribution in [0, 0.1) is 17.3 Å². The fourth-order valence-electron chi connectivity index (χ4n) is 4.73. The van der Waals surface area contributed by atoms with Gasteiger partial charge >= 0.3 is 0 Å². The molecule has 0 radical (unpaired) electrons. The van der Waals surface area contributed by atoms with Crippen molar-refractivity contribution in [2.45, 2.75) is 78.2 Å². The van der Waals surface area contributed by atoms with Crippen molar-refractivity contribution in [3.05, 3.63) is 12.2 Å². The molecule has 3 rings (SSSR count). The molecule has 1 aromatic heterocycles. The summed E-state index contributed by atoms with van der Waals surface area (Å²) in [6, 6.07) is 0.121. The second kappa shape index (κ2) is 7.46. The summed E-state index contributed by atoms with van der Waals surface area (Å²) in [4.78, 5) is 15.0. The van der Waals surface area contributed by atoms with Crippen molar-refractivity contribution in [3.63, 3.8) is 0 Å². The predicted octanol–water partition coefficient (Wildman–Crippen LogP) is 4.11. The standard InChI is InChI=1S/C20H34N4O/c1-5-20(2,3)16-10-8-15(9-11-16)13-18(25)24-12-6-7-17(24)19-22-21-14-23(19)4/h14-17H,5-13H2,1-4H3/t15?,16?,17-/m0/s1. The summed E-state index contributed by atoms with van der Waals surface area (Å²) in [6.45, 7) is 7.97. The zero-order valence-electron chi connectivity index (χ0n) is 16.4. The zero-order valence-corrected chi connectivity index (χ0v) is 16.4. The van der Waals surface area contributed by atoms with Gasteiger partial charge in [-0.1, -0.05) is 27.2 Å². The van der Waals surface area contributed by atoms with E-state index in [9.17, 15) is 4.79 Å². The fourth-order valence-corrected chi connectivity index (χ4v) is 4.73. The van der Waals surface area contributed by atoms with Gasteiger partial charge < -0.3 is 9.47 Å². The smallest absolute Gasteiger partial charge is 0.223 e. The van der Waals surface area contributed by atoms with E-state index < -0.39 is 0 Å². The molecule has 5 heteroatoms. The van der Waals surface area contributed by atoms with Crippen molar-refractivity contribution in [3.8, 4) is 0 Å². The first kappa shape index (κ1) is 18.4. The van der Waals surface area contributed by atoms with E-state index in [1.165, 1.54) is 32.1 Å². The van der Waals surface area contributed by atoms with Crippen LogP contribution in [-0.2, 0) is 11.8 Å². The summed E-state index contributed by atoms with van der Waals surface area (Å²) in [5, 5.41) is 8.23. The second-order valence-electron chi connectivity index (χ2n) is 8.81. The minimum absolute atomic E-state index is 0.121. The van der Waals surface area contributed by atoms with Crippen molar-refractivity contribution in [1.29, 1.82) is 0 Å². The van der Waals surface area contributed by atoms with E-state index in [1.807, 2.05) is 11.6 Å². The minimum atomic E-state index is 0.121. The molecule has 0 unspecified atom stereocenters. The lowest BCUT2D eigenvalue weighted by atomic mass is 9.67. The molecule has 0 spiro atoms. The highest BCUT2D eigenvalue weighted by Gasteiger charge is 2.36. The van der Waals surface area contributed by atoms with Crippen LogP contribution >= 0.6 is 0 Å². The van der Waals surface area contributed by atoms with Crippen molar-refractivity contribution in [2.75, 3.05) is 6.54 Å². The normalized spacial score (nSPS) is 27.7. The van der Waals surface area contributed by atoms with Gasteiger partial charge in [0.2, 0.25) is 5.91 Å². The molecule has 5 nitrogen and oxygen atoms in total. The van der Waals surface area contributed by atoms with E-state index in [2.05, 4.69) is 35.9 Å². The summed E-state index contributed by atoms with van der Waals surface area (Å²) in [5.74, 6) is 2.64. The Morgan fingerprint density at radius 1 is 1.24 bits per heavy atom. The zero-order chi connectivity index (χ0) is 18.0. The van der Waals surface area contributed by atoms with Crippen LogP contribution in [0.25, 0.3) is 0 Å². The number of rotatable bonds is 5. The average molecular weight is 347 g/mol. The average Bonchev–Trinajstić information content (AvgIpc) is 3.23. The molecular formula is C20H34N4O. The number of hydrogen-bond acceptors (Lipinski definition) is 3. The third-order valence-corrected chi connectivity index (χ3v) is 6.94. The largest absolute Gasteiger partial charge is 0.332 e. The molecule has 1 saturated carbocycles. The van der Waals surface area contributed by atoms with Gasteiger partial charge in [-0.05, 0) is 55.8 Å². The lowest BCUT2D eigenvalue weighted by Gasteiger charge is -2.39. The third-order valence-electron chi connectivity index (χ3n) is 6.94. The van der Waals surface area contributed by atoms with Crippen LogP contribution in [0.15, 0.2) is 6.33 Å². The van der Waals surface area contributed by atoms with E-state index in [1.54, 1.807) is 6.33 Å². The van der Waals surface area contributed by atoms with Crippen LogP contribution in [0.4, 0.5) is 0 Å². The third kappa shape index (κ3) is 3.90. The molecule has 0 N–H and O–H groups in total. The van der Waals surface area contributed by atoms with Crippen LogP contribution in [0.2, 0.25) is 0 Å². The van der Waals surface area contributed by atoms with Crippen LogP contribution < -0.4 is 0 Å². The Balaban J connectivity index is 1.55. The maximum absolute atomic E-state index is 12.9. The summed E-state index contributed by atoms with van der Waals surface area (Å²) < 4.78 is 1.95. The van der Waals surface area contributed by atoms with Gasteiger partial charge in [0.05, 0.1) is 6.04 Å². The van der Waals surface area contributed by atoms with Gasteiger partial charge in [-0.3, -0.25) is 4.79 Å². The molecular weight excluding hydrogens is 312 g/mol. The van der Waals surface area contributed by atoms with E-state index in [0.29, 0.717) is 23.7 Å². The van der Waals surface area contributed by atoms with Crippen molar-refractivity contribution < 1.29 is 4.79 Å². The molecule has 1 aliphatic carbocycles. The minimum Gasteiger partial charge on any atom is -0.332 e. The molecule has 0 aromatic carbocycles. The van der Waals surface area contributed by atoms with E-state index in [-0.39, 0.29) is 6.04 Å². The van der Waals surface area contributed by atoms with E-state index in [0.717, 1.165) is 31.1 Å². The van der Waals surface area contributed by atoms with Crippen molar-refractivity contribution >= 4 is 5.91 Å². The van der Waals surface area contributed by atoms with Crippen LogP contribution in [-0.4, -0.2) is 32.1 Å². The Hall–Kier alpha value is -1.39. The van der Waals surface area contributed by atoms with Gasteiger partial charge in [0.15, 0.2) is 5.82 Å². The second-order valence-corrected chi connectivity index (χ2v) is 8.81. The molecule has 1 aromatic rings. The molecule has 2 aliphatic rings. The Kier molecular flexibility index (Phi) is 5.49. The maximum Gasteiger partial charge on any atom is 0.223 e. The first-order valence-electron chi connectivity index (χ1n) is 10.1. The first-order chi connectivity index (χ1) is 11.9. The fraction of sp³-hybridized carbons (Fsp3) is 0.850. The summed E-state index contributed by atoms with van der Waals surface area (Å²) in [6.07, 6.45) is 10.8. The monoisotopic (exact) mass is 346 g/mol. The molecule has 2 fully saturated rings. The highest BCUT2D eigenvalue weighted by atomic mass is 16.2. The maximum atomic E-state index is 12.9. The Morgan fingerprint density at radius 3 is 2.56 bits per heavy atom. The van der Waals surface area contributed by atoms with E-state index in [4.69, 9.17) is 0 Å². The van der Waals surface area contributed by atoms with Crippen LogP contribution in [0.3, 0.4) is 0 Å². The van der Waals surface area contributed by atoms with Gasteiger partial charge in [0, 0.05) is 20.0 Å². The number of aromatic nitrogens is 3. The quantitative estimate of drug-likeness (QED) is 0.806. The first-order valence-corrected chi connectivity index (χ1v) is 10.1. The van der Waals surface area contributed by atoms with Crippen LogP contribution in [0.1, 0.15) is 84.0 Å². The number of nitrogens with zero attached hydrogens (tertiary/aromatic N) is 4. The van der Waals surface area contributed by atoms with Gasteiger partial charge in [-0.2, -0.15) is 0 Å². The van der Waals surface area contributed by atoms with Crippen molar-refractivity contribution in [1.82, 2.24) is 19.7 Å². The molecule has 25 heavy (non-hydrogen) atoms. The number of carbonyl (C=O) groups is 1. The molecule has 140 valence electrons. The Labute approximate surface area is 152 Å². The molecule has 0 bridgehead atoms. The summed E-state index contributed by atoms with van der Waals surface area (Å²) >= 11 is 0. The predicted molar refractivity (Wildman–Crippen MR) is 98.8 cm³/mol. The van der Waals surface area contributed by atoms with Gasteiger partial charge in [0.25, 0.3) is 0 Å². The molecule has 1 amide bonds. The number of likely N-dealkylation sites (tertiary alicyclic amines) is 1. The lowest BCUT2D eigenvalue weighted by Crippen LogP contribution is -2.34. The highest BCUT2D eigenvalue weighted by Crippen LogP contribution is 2.43. The van der Waals surface area contributed by atoms with Crippen LogP contribution in [0.5, 0.6) is 0 Å². The molecule has 1 atom stereocenters. The van der Waals surface area contributed by atoms with Gasteiger partial charge in [-0.25, -0.2) is 0 Å². The Morgan fingerprint density at radius 2 is 1.96 bits per heavy atom. The van der Waals surface area contributed by atoms with Gasteiger partial charge in [-0.15, -0.1) is 10.2 Å². The number of carbonyl (C=O) groups excluding carboxylic acids is 1. The number of amides is 1. The summed E-state index contributed by atoms with van der Waals surface area (Å²) in [7, 11) is 1.97. The number of hydrogen-bond donors (Lipinski definition) is 0. The van der Waals surface area contributed by atoms with Gasteiger partial charge in [0.1, 0.15) is 6.33 Å². The van der Waals surface area contributed by atoms with Crippen molar-refractivity contribution in [2.24, 2.45) is 24.3 Å². The lowest BCUT2D eigenvalue weighted by molar-refractivity contribution is -0.133. The summed E-state index contributed by atoms with van der Waals surface area (Å²) in [5.41, 5.74) is 0.445. The SMILES string of the molecule is CCC(C)(C)C1CCC(CC(=O)N2CCC[C@H]2c2nncn2C)CC1. The molecule has 2 heterocycles. The molecule has 1 aliphatic heterocycles. The topological polar surface area (TPSA) is 51.0 Å².